The van der Waals surface area contributed by atoms with Crippen LogP contribution in [-0.2, 0) is 12.7 Å². The Balaban J connectivity index is 1.80. The number of nitrogens with one attached hydrogen (secondary N) is 1. The average molecular weight is 348 g/mol. The summed E-state index contributed by atoms with van der Waals surface area (Å²) in [6.07, 6.45) is -3.02. The van der Waals surface area contributed by atoms with Crippen molar-refractivity contribution in [1.29, 1.82) is 0 Å². The highest BCUT2D eigenvalue weighted by Gasteiger charge is 2.30. The van der Waals surface area contributed by atoms with Gasteiger partial charge >= 0.3 is 6.18 Å². The number of carbonyl (C=O) groups excluding carboxylic acids is 1. The van der Waals surface area contributed by atoms with Crippen molar-refractivity contribution in [3.63, 3.8) is 0 Å². The van der Waals surface area contributed by atoms with E-state index in [0.29, 0.717) is 11.2 Å². The summed E-state index contributed by atoms with van der Waals surface area (Å²) in [4.78, 5) is 16.7. The highest BCUT2D eigenvalue weighted by molar-refractivity contribution is 5.99. The lowest BCUT2D eigenvalue weighted by Gasteiger charge is -2.09. The number of hydrogen-bond donors (Lipinski definition) is 1. The molecule has 0 aliphatic carbocycles. The average Bonchev–Trinajstić information content (AvgIpc) is 2.96. The van der Waals surface area contributed by atoms with E-state index in [1.807, 2.05) is 19.9 Å². The van der Waals surface area contributed by atoms with Crippen LogP contribution >= 0.6 is 0 Å². The molecule has 2 heterocycles. The van der Waals surface area contributed by atoms with Gasteiger partial charge in [0.05, 0.1) is 11.8 Å². The van der Waals surface area contributed by atoms with Gasteiger partial charge < -0.3 is 5.32 Å². The molecule has 0 unspecified atom stereocenters. The molecule has 0 radical (unpaired) electrons. The summed E-state index contributed by atoms with van der Waals surface area (Å²) < 4.78 is 39.7. The van der Waals surface area contributed by atoms with E-state index in [4.69, 9.17) is 0 Å². The van der Waals surface area contributed by atoms with E-state index in [0.717, 1.165) is 23.5 Å². The molecule has 1 N–H and O–H groups in total. The third-order valence-electron chi connectivity index (χ3n) is 3.73. The smallest absolute Gasteiger partial charge is 0.348 e. The van der Waals surface area contributed by atoms with Crippen LogP contribution in [0.1, 0.15) is 32.9 Å². The fourth-order valence-corrected chi connectivity index (χ4v) is 2.57. The molecule has 1 amide bonds. The number of nitrogens with zero attached hydrogens (tertiary/aromatic N) is 3. The minimum absolute atomic E-state index is 0.0229. The van der Waals surface area contributed by atoms with Crippen LogP contribution in [-0.4, -0.2) is 20.5 Å². The second kappa shape index (κ2) is 6.19. The van der Waals surface area contributed by atoms with Gasteiger partial charge in [-0.3, -0.25) is 4.79 Å². The molecule has 3 aromatic rings. The van der Waals surface area contributed by atoms with Crippen molar-refractivity contribution in [3.05, 3.63) is 64.6 Å². The lowest BCUT2D eigenvalue weighted by Crippen LogP contribution is -2.23. The quantitative estimate of drug-likeness (QED) is 0.790. The highest BCUT2D eigenvalue weighted by atomic mass is 19.4. The molecule has 0 fully saturated rings. The molecule has 0 aliphatic rings. The monoisotopic (exact) mass is 348 g/mol. The molecule has 3 rings (SSSR count). The Bertz CT molecular complexity index is 947. The number of halogens is 3. The molecule has 0 atom stereocenters. The van der Waals surface area contributed by atoms with E-state index in [9.17, 15) is 18.0 Å². The maximum absolute atomic E-state index is 12.7. The molecule has 0 saturated carbocycles. The van der Waals surface area contributed by atoms with Gasteiger partial charge in [0.25, 0.3) is 5.91 Å². The maximum Gasteiger partial charge on any atom is 0.416 e. The molecule has 0 bridgehead atoms. The first-order valence-electron chi connectivity index (χ1n) is 7.52. The zero-order valence-electron chi connectivity index (χ0n) is 13.6. The van der Waals surface area contributed by atoms with E-state index >= 15 is 0 Å². The number of aromatic nitrogens is 3. The largest absolute Gasteiger partial charge is 0.416 e. The van der Waals surface area contributed by atoms with Crippen molar-refractivity contribution in [1.82, 2.24) is 19.9 Å². The fraction of sp³-hybridized carbons (Fsp3) is 0.235. The van der Waals surface area contributed by atoms with Crippen LogP contribution in [0.5, 0.6) is 0 Å². The van der Waals surface area contributed by atoms with Crippen LogP contribution in [0.15, 0.2) is 36.5 Å². The lowest BCUT2D eigenvalue weighted by atomic mass is 10.1. The van der Waals surface area contributed by atoms with E-state index in [-0.39, 0.29) is 12.1 Å². The number of rotatable bonds is 3. The van der Waals surface area contributed by atoms with Crippen molar-refractivity contribution in [2.45, 2.75) is 26.6 Å². The van der Waals surface area contributed by atoms with E-state index in [1.54, 1.807) is 4.52 Å². The number of carbonyl (C=O) groups is 1. The predicted molar refractivity (Wildman–Crippen MR) is 85.1 cm³/mol. The Labute approximate surface area is 141 Å². The van der Waals surface area contributed by atoms with Crippen molar-refractivity contribution in [3.8, 4) is 0 Å². The standard InChI is InChI=1S/C17H15F3N4O/c1-10-6-11(2)24-15(23-10)14(9-22-24)16(25)21-8-12-4-3-5-13(7-12)17(18,19)20/h3-7,9H,8H2,1-2H3,(H,21,25). The number of alkyl halides is 3. The van der Waals surface area contributed by atoms with E-state index < -0.39 is 17.6 Å². The third-order valence-corrected chi connectivity index (χ3v) is 3.73. The molecule has 2 aromatic heterocycles. The normalized spacial score (nSPS) is 11.7. The van der Waals surface area contributed by atoms with E-state index in [2.05, 4.69) is 15.4 Å². The molecule has 25 heavy (non-hydrogen) atoms. The summed E-state index contributed by atoms with van der Waals surface area (Å²) in [5, 5.41) is 6.74. The van der Waals surface area contributed by atoms with Gasteiger partial charge in [-0.1, -0.05) is 12.1 Å². The molecule has 130 valence electrons. The van der Waals surface area contributed by atoms with Crippen molar-refractivity contribution in [2.24, 2.45) is 0 Å². The minimum atomic E-state index is -4.42. The molecule has 0 saturated heterocycles. The van der Waals surface area contributed by atoms with E-state index in [1.165, 1.54) is 18.3 Å². The molecular formula is C17H15F3N4O. The number of fused-ring (bicyclic) bond motifs is 1. The molecular weight excluding hydrogens is 333 g/mol. The van der Waals surface area contributed by atoms with Crippen molar-refractivity contribution in [2.75, 3.05) is 0 Å². The lowest BCUT2D eigenvalue weighted by molar-refractivity contribution is -0.137. The Kier molecular flexibility index (Phi) is 4.20. The molecule has 5 nitrogen and oxygen atoms in total. The highest BCUT2D eigenvalue weighted by Crippen LogP contribution is 2.29. The predicted octanol–water partition coefficient (Wildman–Crippen LogP) is 3.29. The van der Waals surface area contributed by atoms with Gasteiger partial charge in [0, 0.05) is 17.9 Å². The van der Waals surface area contributed by atoms with Gasteiger partial charge in [0.2, 0.25) is 0 Å². The van der Waals surface area contributed by atoms with Crippen molar-refractivity contribution < 1.29 is 18.0 Å². The Morgan fingerprint density at radius 2 is 2.00 bits per heavy atom. The van der Waals surface area contributed by atoms with Crippen LogP contribution in [0, 0.1) is 13.8 Å². The summed E-state index contributed by atoms with van der Waals surface area (Å²) in [7, 11) is 0. The van der Waals surface area contributed by atoms with Crippen LogP contribution < -0.4 is 5.32 Å². The van der Waals surface area contributed by atoms with Crippen LogP contribution in [0.3, 0.4) is 0 Å². The number of aryl methyl sites for hydroxylation is 2. The number of amides is 1. The topological polar surface area (TPSA) is 59.3 Å². The first-order chi connectivity index (χ1) is 11.8. The van der Waals surface area contributed by atoms with Gasteiger partial charge in [-0.15, -0.1) is 0 Å². The Hall–Kier alpha value is -2.90. The van der Waals surface area contributed by atoms with Crippen LogP contribution in [0.25, 0.3) is 5.65 Å². The second-order valence-corrected chi connectivity index (χ2v) is 5.71. The Morgan fingerprint density at radius 3 is 2.72 bits per heavy atom. The zero-order valence-corrected chi connectivity index (χ0v) is 13.6. The third kappa shape index (κ3) is 3.47. The number of benzene rings is 1. The Morgan fingerprint density at radius 1 is 1.24 bits per heavy atom. The first kappa shape index (κ1) is 16.9. The first-order valence-corrected chi connectivity index (χ1v) is 7.52. The van der Waals surface area contributed by atoms with Crippen LogP contribution in [0.2, 0.25) is 0 Å². The molecule has 0 aliphatic heterocycles. The van der Waals surface area contributed by atoms with Gasteiger partial charge in [0.1, 0.15) is 5.56 Å². The fourth-order valence-electron chi connectivity index (χ4n) is 2.57. The molecule has 1 aromatic carbocycles. The minimum Gasteiger partial charge on any atom is -0.348 e. The zero-order chi connectivity index (χ0) is 18.2. The summed E-state index contributed by atoms with van der Waals surface area (Å²) >= 11 is 0. The van der Waals surface area contributed by atoms with Crippen molar-refractivity contribution >= 4 is 11.6 Å². The van der Waals surface area contributed by atoms with Gasteiger partial charge in [-0.2, -0.15) is 18.3 Å². The van der Waals surface area contributed by atoms with Gasteiger partial charge in [0.15, 0.2) is 5.65 Å². The molecule has 0 spiro atoms. The maximum atomic E-state index is 12.7. The van der Waals surface area contributed by atoms with Gasteiger partial charge in [-0.05, 0) is 37.6 Å². The summed E-state index contributed by atoms with van der Waals surface area (Å²) in [6, 6.07) is 6.69. The summed E-state index contributed by atoms with van der Waals surface area (Å²) in [5.41, 5.74) is 1.89. The summed E-state index contributed by atoms with van der Waals surface area (Å²) in [5.74, 6) is -0.440. The SMILES string of the molecule is Cc1cc(C)n2ncc(C(=O)NCc3cccc(C(F)(F)F)c3)c2n1. The summed E-state index contributed by atoms with van der Waals surface area (Å²) in [6.45, 7) is 3.63. The van der Waals surface area contributed by atoms with Crippen LogP contribution in [0.4, 0.5) is 13.2 Å². The number of hydrogen-bond acceptors (Lipinski definition) is 3. The van der Waals surface area contributed by atoms with Gasteiger partial charge in [-0.25, -0.2) is 9.50 Å². The molecule has 8 heteroatoms. The second-order valence-electron chi connectivity index (χ2n) is 5.71.